The molecule has 5 heteroatoms. The van der Waals surface area contributed by atoms with Crippen LogP contribution in [0.4, 0.5) is 5.69 Å². The number of amides is 1. The van der Waals surface area contributed by atoms with E-state index >= 15 is 0 Å². The van der Waals surface area contributed by atoms with Gasteiger partial charge in [-0.05, 0) is 69.6 Å². The van der Waals surface area contributed by atoms with E-state index in [4.69, 9.17) is 0 Å². The summed E-state index contributed by atoms with van der Waals surface area (Å²) in [7, 11) is 2.14. The van der Waals surface area contributed by atoms with E-state index in [2.05, 4.69) is 35.3 Å². The highest BCUT2D eigenvalue weighted by Gasteiger charge is 2.29. The molecule has 24 heavy (non-hydrogen) atoms. The molecule has 2 heterocycles. The molecule has 0 unspecified atom stereocenters. The minimum atomic E-state index is 0.0379. The molecule has 126 valence electrons. The van der Waals surface area contributed by atoms with Crippen LogP contribution in [0, 0.1) is 0 Å². The monoisotopic (exact) mass is 341 g/mol. The molecule has 1 amide bonds. The van der Waals surface area contributed by atoms with Crippen LogP contribution in [0.3, 0.4) is 0 Å². The lowest BCUT2D eigenvalue weighted by Crippen LogP contribution is -2.46. The van der Waals surface area contributed by atoms with Gasteiger partial charge in [0.25, 0.3) is 5.91 Å². The van der Waals surface area contributed by atoms with Crippen molar-refractivity contribution >= 4 is 23.4 Å². The van der Waals surface area contributed by atoms with Gasteiger partial charge < -0.3 is 9.80 Å². The number of hydrogen-bond donors (Lipinski definition) is 0. The van der Waals surface area contributed by atoms with Gasteiger partial charge in [-0.2, -0.15) is 0 Å². The normalized spacial score (nSPS) is 16.1. The summed E-state index contributed by atoms with van der Waals surface area (Å²) >= 11 is 1.70. The number of piperidine rings is 1. The number of carbonyl (C=O) groups excluding carboxylic acids is 1. The number of aromatic nitrogens is 1. The maximum Gasteiger partial charge on any atom is 0.260 e. The Morgan fingerprint density at radius 2 is 2.04 bits per heavy atom. The van der Waals surface area contributed by atoms with Gasteiger partial charge in [0.05, 0.1) is 5.56 Å². The molecule has 0 atom stereocenters. The molecular weight excluding hydrogens is 318 g/mol. The molecule has 1 saturated heterocycles. The van der Waals surface area contributed by atoms with Gasteiger partial charge in [0.1, 0.15) is 0 Å². The number of hydrogen-bond acceptors (Lipinski definition) is 4. The Kier molecular flexibility index (Phi) is 5.53. The third kappa shape index (κ3) is 3.79. The van der Waals surface area contributed by atoms with Crippen LogP contribution >= 0.6 is 11.8 Å². The summed E-state index contributed by atoms with van der Waals surface area (Å²) in [5, 5.41) is 0. The summed E-state index contributed by atoms with van der Waals surface area (Å²) in [5.74, 6) is 0.0379. The molecule has 0 bridgehead atoms. The first kappa shape index (κ1) is 17.0. The smallest absolute Gasteiger partial charge is 0.260 e. The lowest BCUT2D eigenvalue weighted by molar-refractivity contribution is 0.0963. The number of pyridine rings is 1. The van der Waals surface area contributed by atoms with Gasteiger partial charge in [-0.1, -0.05) is 6.07 Å². The first-order chi connectivity index (χ1) is 11.7. The highest BCUT2D eigenvalue weighted by Crippen LogP contribution is 2.28. The third-order valence-corrected chi connectivity index (χ3v) is 5.24. The fourth-order valence-corrected chi connectivity index (χ4v) is 3.59. The Bertz CT molecular complexity index is 684. The first-order valence-electron chi connectivity index (χ1n) is 8.25. The number of rotatable bonds is 4. The number of anilines is 1. The topological polar surface area (TPSA) is 36.4 Å². The molecular formula is C19H23N3OS. The molecule has 1 aromatic carbocycles. The van der Waals surface area contributed by atoms with Gasteiger partial charge in [-0.25, -0.2) is 0 Å². The summed E-state index contributed by atoms with van der Waals surface area (Å²) in [6.07, 6.45) is 7.40. The van der Waals surface area contributed by atoms with E-state index in [0.717, 1.165) is 31.6 Å². The SMILES string of the molecule is CSc1cccc(N(C(=O)c2cccnc2)C2CCN(C)CC2)c1. The van der Waals surface area contributed by atoms with Crippen LogP contribution in [-0.2, 0) is 0 Å². The predicted molar refractivity (Wildman–Crippen MR) is 99.8 cm³/mol. The number of thioether (sulfide) groups is 1. The van der Waals surface area contributed by atoms with Crippen LogP contribution in [-0.4, -0.2) is 48.2 Å². The Balaban J connectivity index is 1.95. The highest BCUT2D eigenvalue weighted by molar-refractivity contribution is 7.98. The quantitative estimate of drug-likeness (QED) is 0.797. The zero-order valence-electron chi connectivity index (χ0n) is 14.2. The third-order valence-electron chi connectivity index (χ3n) is 4.51. The van der Waals surface area contributed by atoms with Gasteiger partial charge in [-0.15, -0.1) is 11.8 Å². The maximum atomic E-state index is 13.2. The van der Waals surface area contributed by atoms with E-state index < -0.39 is 0 Å². The zero-order valence-corrected chi connectivity index (χ0v) is 15.0. The molecule has 1 fully saturated rings. The van der Waals surface area contributed by atoms with E-state index in [1.165, 1.54) is 4.90 Å². The first-order valence-corrected chi connectivity index (χ1v) is 9.47. The predicted octanol–water partition coefficient (Wildman–Crippen LogP) is 3.54. The van der Waals surface area contributed by atoms with Crippen molar-refractivity contribution in [3.63, 3.8) is 0 Å². The Morgan fingerprint density at radius 1 is 1.25 bits per heavy atom. The van der Waals surface area contributed by atoms with Gasteiger partial charge >= 0.3 is 0 Å². The molecule has 3 rings (SSSR count). The van der Waals surface area contributed by atoms with E-state index in [1.54, 1.807) is 24.2 Å². The van der Waals surface area contributed by atoms with Crippen LogP contribution < -0.4 is 4.90 Å². The van der Waals surface area contributed by atoms with Crippen molar-refractivity contribution < 1.29 is 4.79 Å². The summed E-state index contributed by atoms with van der Waals surface area (Å²) in [5.41, 5.74) is 1.62. The van der Waals surface area contributed by atoms with Crippen molar-refractivity contribution in [2.45, 2.75) is 23.8 Å². The van der Waals surface area contributed by atoms with Gasteiger partial charge in [0, 0.05) is 29.0 Å². The lowest BCUT2D eigenvalue weighted by Gasteiger charge is -2.37. The van der Waals surface area contributed by atoms with Crippen LogP contribution in [0.25, 0.3) is 0 Å². The zero-order chi connectivity index (χ0) is 16.9. The van der Waals surface area contributed by atoms with Crippen molar-refractivity contribution in [2.75, 3.05) is 31.3 Å². The molecule has 0 spiro atoms. The summed E-state index contributed by atoms with van der Waals surface area (Å²) in [4.78, 5) is 22.8. The summed E-state index contributed by atoms with van der Waals surface area (Å²) < 4.78 is 0. The molecule has 1 aliphatic heterocycles. The average molecular weight is 341 g/mol. The number of carbonyl (C=O) groups is 1. The summed E-state index contributed by atoms with van der Waals surface area (Å²) in [6.45, 7) is 2.04. The Hall–Kier alpha value is -1.85. The van der Waals surface area contributed by atoms with Crippen molar-refractivity contribution in [1.82, 2.24) is 9.88 Å². The van der Waals surface area contributed by atoms with Crippen molar-refractivity contribution in [3.8, 4) is 0 Å². The standard InChI is InChI=1S/C19H23N3OS/c1-21-11-8-16(9-12-21)22(17-6-3-7-18(13-17)24-2)19(23)15-5-4-10-20-14-15/h3-7,10,13-14,16H,8-9,11-12H2,1-2H3. The van der Waals surface area contributed by atoms with Crippen molar-refractivity contribution in [3.05, 3.63) is 54.4 Å². The molecule has 0 N–H and O–H groups in total. The van der Waals surface area contributed by atoms with Crippen LogP contribution in [0.1, 0.15) is 23.2 Å². The van der Waals surface area contributed by atoms with E-state index in [0.29, 0.717) is 5.56 Å². The molecule has 0 aliphatic carbocycles. The molecule has 1 aromatic heterocycles. The van der Waals surface area contributed by atoms with E-state index in [-0.39, 0.29) is 11.9 Å². The fourth-order valence-electron chi connectivity index (χ4n) is 3.14. The van der Waals surface area contributed by atoms with Crippen LogP contribution in [0.15, 0.2) is 53.7 Å². The van der Waals surface area contributed by atoms with Crippen molar-refractivity contribution in [2.24, 2.45) is 0 Å². The average Bonchev–Trinajstić information content (AvgIpc) is 2.64. The molecule has 0 radical (unpaired) electrons. The Morgan fingerprint density at radius 3 is 2.71 bits per heavy atom. The van der Waals surface area contributed by atoms with Gasteiger partial charge in [-0.3, -0.25) is 9.78 Å². The minimum Gasteiger partial charge on any atom is -0.306 e. The van der Waals surface area contributed by atoms with Crippen LogP contribution in [0.5, 0.6) is 0 Å². The fraction of sp³-hybridized carbons (Fsp3) is 0.368. The highest BCUT2D eigenvalue weighted by atomic mass is 32.2. The molecule has 4 nitrogen and oxygen atoms in total. The van der Waals surface area contributed by atoms with Crippen molar-refractivity contribution in [1.29, 1.82) is 0 Å². The van der Waals surface area contributed by atoms with E-state index in [1.807, 2.05) is 29.2 Å². The summed E-state index contributed by atoms with van der Waals surface area (Å²) in [6, 6.07) is 12.1. The van der Waals surface area contributed by atoms with Crippen LogP contribution in [0.2, 0.25) is 0 Å². The maximum absolute atomic E-state index is 13.2. The molecule has 2 aromatic rings. The number of nitrogens with zero attached hydrogens (tertiary/aromatic N) is 3. The second-order valence-corrected chi connectivity index (χ2v) is 7.03. The number of likely N-dealkylation sites (tertiary alicyclic amines) is 1. The van der Waals surface area contributed by atoms with Gasteiger partial charge in [0.2, 0.25) is 0 Å². The largest absolute Gasteiger partial charge is 0.306 e. The van der Waals surface area contributed by atoms with Gasteiger partial charge in [0.15, 0.2) is 0 Å². The number of benzene rings is 1. The minimum absolute atomic E-state index is 0.0379. The second kappa shape index (κ2) is 7.81. The molecule has 1 aliphatic rings. The second-order valence-electron chi connectivity index (χ2n) is 6.15. The van der Waals surface area contributed by atoms with E-state index in [9.17, 15) is 4.79 Å². The molecule has 0 saturated carbocycles. The lowest BCUT2D eigenvalue weighted by atomic mass is 10.0. The Labute approximate surface area is 147 Å².